The van der Waals surface area contributed by atoms with Gasteiger partial charge in [0.2, 0.25) is 11.7 Å². The average molecular weight is 380 g/mol. The Kier molecular flexibility index (Phi) is 5.40. The van der Waals surface area contributed by atoms with E-state index in [1.807, 2.05) is 52.0 Å². The number of carbonyl (C=O) groups is 2. The number of anilines is 2. The number of amides is 2. The number of furan rings is 1. The highest BCUT2D eigenvalue weighted by Gasteiger charge is 2.27. The number of hydrogen-bond acceptors (Lipinski definition) is 4. The van der Waals surface area contributed by atoms with E-state index in [4.69, 9.17) is 9.15 Å². The van der Waals surface area contributed by atoms with Gasteiger partial charge in [-0.05, 0) is 31.2 Å². The van der Waals surface area contributed by atoms with Crippen LogP contribution in [0.15, 0.2) is 52.9 Å². The Morgan fingerprint density at radius 1 is 1.00 bits per heavy atom. The van der Waals surface area contributed by atoms with Gasteiger partial charge in [-0.25, -0.2) is 0 Å². The number of benzene rings is 2. The van der Waals surface area contributed by atoms with E-state index in [0.29, 0.717) is 34.7 Å². The lowest BCUT2D eigenvalue weighted by Gasteiger charge is -2.17. The molecule has 0 radical (unpaired) electrons. The Balaban J connectivity index is 1.99. The Morgan fingerprint density at radius 3 is 2.39 bits per heavy atom. The average Bonchev–Trinajstić information content (AvgIpc) is 3.01. The maximum absolute atomic E-state index is 13.0. The van der Waals surface area contributed by atoms with E-state index in [2.05, 4.69) is 10.6 Å². The molecule has 2 amide bonds. The summed E-state index contributed by atoms with van der Waals surface area (Å²) in [6.45, 7) is 7.77. The normalized spacial score (nSPS) is 11.3. The SMILES string of the molecule is CCOc1ccccc1NC(=O)c1oc2ccccc2c1NC(=O)C(C)(C)C. The fraction of sp³-hybridized carbons (Fsp3) is 0.273. The van der Waals surface area contributed by atoms with Crippen LogP contribution in [-0.4, -0.2) is 18.4 Å². The van der Waals surface area contributed by atoms with Gasteiger partial charge in [0.05, 0.1) is 12.3 Å². The molecule has 0 aliphatic heterocycles. The maximum atomic E-state index is 13.0. The minimum Gasteiger partial charge on any atom is -0.492 e. The minimum absolute atomic E-state index is 0.0464. The molecule has 0 spiro atoms. The van der Waals surface area contributed by atoms with E-state index in [0.717, 1.165) is 0 Å². The smallest absolute Gasteiger partial charge is 0.293 e. The second kappa shape index (κ2) is 7.76. The van der Waals surface area contributed by atoms with E-state index < -0.39 is 11.3 Å². The second-order valence-corrected chi connectivity index (χ2v) is 7.39. The molecule has 28 heavy (non-hydrogen) atoms. The molecule has 2 aromatic carbocycles. The first kappa shape index (κ1) is 19.5. The lowest BCUT2D eigenvalue weighted by Crippen LogP contribution is -2.28. The van der Waals surface area contributed by atoms with Crippen molar-refractivity contribution in [2.24, 2.45) is 5.41 Å². The summed E-state index contributed by atoms with van der Waals surface area (Å²) in [4.78, 5) is 25.5. The van der Waals surface area contributed by atoms with E-state index >= 15 is 0 Å². The van der Waals surface area contributed by atoms with Crippen molar-refractivity contribution in [2.75, 3.05) is 17.2 Å². The highest BCUT2D eigenvalue weighted by Crippen LogP contribution is 2.33. The van der Waals surface area contributed by atoms with Gasteiger partial charge in [0.1, 0.15) is 17.0 Å². The predicted molar refractivity (Wildman–Crippen MR) is 110 cm³/mol. The van der Waals surface area contributed by atoms with Crippen molar-refractivity contribution in [1.29, 1.82) is 0 Å². The van der Waals surface area contributed by atoms with Crippen LogP contribution in [0.25, 0.3) is 11.0 Å². The molecule has 0 unspecified atom stereocenters. The van der Waals surface area contributed by atoms with E-state index in [-0.39, 0.29) is 11.7 Å². The van der Waals surface area contributed by atoms with Crippen molar-refractivity contribution in [3.05, 3.63) is 54.3 Å². The summed E-state index contributed by atoms with van der Waals surface area (Å²) >= 11 is 0. The van der Waals surface area contributed by atoms with Crippen LogP contribution >= 0.6 is 0 Å². The molecule has 1 aromatic heterocycles. The number of fused-ring (bicyclic) bond motifs is 1. The summed E-state index contributed by atoms with van der Waals surface area (Å²) in [5, 5.41) is 6.34. The Hall–Kier alpha value is -3.28. The summed E-state index contributed by atoms with van der Waals surface area (Å²) in [6, 6.07) is 14.4. The molecular formula is C22H24N2O4. The molecule has 2 N–H and O–H groups in total. The van der Waals surface area contributed by atoms with Crippen LogP contribution in [0.1, 0.15) is 38.2 Å². The van der Waals surface area contributed by atoms with Gasteiger partial charge < -0.3 is 19.8 Å². The Morgan fingerprint density at radius 2 is 1.68 bits per heavy atom. The molecule has 3 rings (SSSR count). The van der Waals surface area contributed by atoms with Crippen LogP contribution in [0, 0.1) is 5.41 Å². The monoisotopic (exact) mass is 380 g/mol. The van der Waals surface area contributed by atoms with Gasteiger partial charge in [0.25, 0.3) is 5.91 Å². The van der Waals surface area contributed by atoms with Crippen molar-refractivity contribution in [3.8, 4) is 5.75 Å². The summed E-state index contributed by atoms with van der Waals surface area (Å²) in [6.07, 6.45) is 0. The first-order valence-corrected chi connectivity index (χ1v) is 9.17. The van der Waals surface area contributed by atoms with Gasteiger partial charge in [-0.3, -0.25) is 9.59 Å². The second-order valence-electron chi connectivity index (χ2n) is 7.39. The molecule has 6 nitrogen and oxygen atoms in total. The highest BCUT2D eigenvalue weighted by molar-refractivity contribution is 6.15. The number of hydrogen-bond donors (Lipinski definition) is 2. The van der Waals surface area contributed by atoms with Gasteiger partial charge in [-0.1, -0.05) is 45.0 Å². The fourth-order valence-electron chi connectivity index (χ4n) is 2.66. The van der Waals surface area contributed by atoms with Crippen LogP contribution in [0.5, 0.6) is 5.75 Å². The molecule has 146 valence electrons. The number of nitrogens with one attached hydrogen (secondary N) is 2. The Bertz CT molecular complexity index is 1010. The summed E-state index contributed by atoms with van der Waals surface area (Å²) < 4.78 is 11.3. The van der Waals surface area contributed by atoms with Gasteiger partial charge >= 0.3 is 0 Å². The van der Waals surface area contributed by atoms with Gasteiger partial charge in [-0.15, -0.1) is 0 Å². The molecule has 0 atom stereocenters. The number of rotatable bonds is 5. The van der Waals surface area contributed by atoms with E-state index in [9.17, 15) is 9.59 Å². The van der Waals surface area contributed by atoms with Gasteiger partial charge in [0, 0.05) is 10.8 Å². The van der Waals surface area contributed by atoms with Gasteiger partial charge in [0.15, 0.2) is 0 Å². The maximum Gasteiger partial charge on any atom is 0.293 e. The number of para-hydroxylation sites is 3. The summed E-state index contributed by atoms with van der Waals surface area (Å²) in [7, 11) is 0. The third kappa shape index (κ3) is 4.01. The van der Waals surface area contributed by atoms with Crippen LogP contribution in [0.3, 0.4) is 0 Å². The molecule has 0 saturated heterocycles. The molecule has 0 saturated carbocycles. The zero-order valence-electron chi connectivity index (χ0n) is 16.5. The lowest BCUT2D eigenvalue weighted by molar-refractivity contribution is -0.123. The summed E-state index contributed by atoms with van der Waals surface area (Å²) in [5.41, 5.74) is 0.799. The zero-order valence-corrected chi connectivity index (χ0v) is 16.5. The molecule has 0 fully saturated rings. The van der Waals surface area contributed by atoms with Crippen LogP contribution in [0.2, 0.25) is 0 Å². The fourth-order valence-corrected chi connectivity index (χ4v) is 2.66. The van der Waals surface area contributed by atoms with Crippen molar-refractivity contribution in [1.82, 2.24) is 0 Å². The number of carbonyl (C=O) groups excluding carboxylic acids is 2. The standard InChI is InChI=1S/C22H24N2O4/c1-5-27-17-13-9-7-11-15(17)23-20(25)19-18(24-21(26)22(2,3)4)14-10-6-8-12-16(14)28-19/h6-13H,5H2,1-4H3,(H,23,25)(H,24,26). The quantitative estimate of drug-likeness (QED) is 0.648. The minimum atomic E-state index is -0.617. The molecule has 1 heterocycles. The molecule has 0 aliphatic carbocycles. The van der Waals surface area contributed by atoms with Crippen molar-refractivity contribution in [3.63, 3.8) is 0 Å². The Labute approximate surface area is 163 Å². The molecule has 3 aromatic rings. The zero-order chi connectivity index (χ0) is 20.3. The predicted octanol–water partition coefficient (Wildman–Crippen LogP) is 5.07. The van der Waals surface area contributed by atoms with Crippen LogP contribution < -0.4 is 15.4 Å². The van der Waals surface area contributed by atoms with Crippen LogP contribution in [-0.2, 0) is 4.79 Å². The summed E-state index contributed by atoms with van der Waals surface area (Å²) in [5.74, 6) is -0.0600. The van der Waals surface area contributed by atoms with Crippen LogP contribution in [0.4, 0.5) is 11.4 Å². The van der Waals surface area contributed by atoms with E-state index in [1.54, 1.807) is 24.3 Å². The van der Waals surface area contributed by atoms with E-state index in [1.165, 1.54) is 0 Å². The molecule has 0 bridgehead atoms. The molecular weight excluding hydrogens is 356 g/mol. The third-order valence-corrected chi connectivity index (χ3v) is 4.16. The first-order valence-electron chi connectivity index (χ1n) is 9.17. The highest BCUT2D eigenvalue weighted by atomic mass is 16.5. The number of ether oxygens (including phenoxy) is 1. The topological polar surface area (TPSA) is 80.6 Å². The van der Waals surface area contributed by atoms with Crippen molar-refractivity contribution in [2.45, 2.75) is 27.7 Å². The first-order chi connectivity index (χ1) is 13.3. The largest absolute Gasteiger partial charge is 0.492 e. The van der Waals surface area contributed by atoms with Crippen molar-refractivity contribution >= 4 is 34.2 Å². The third-order valence-electron chi connectivity index (χ3n) is 4.16. The van der Waals surface area contributed by atoms with Crippen molar-refractivity contribution < 1.29 is 18.7 Å². The lowest BCUT2D eigenvalue weighted by atomic mass is 9.95. The molecule has 0 aliphatic rings. The molecule has 6 heteroatoms. The van der Waals surface area contributed by atoms with Gasteiger partial charge in [-0.2, -0.15) is 0 Å².